The fraction of sp³-hybridized carbons (Fsp3) is 0.302. The van der Waals surface area contributed by atoms with Crippen LogP contribution in [0.3, 0.4) is 0 Å². The van der Waals surface area contributed by atoms with Gasteiger partial charge in [-0.1, -0.05) is 141 Å². The van der Waals surface area contributed by atoms with Gasteiger partial charge in [-0.2, -0.15) is 0 Å². The summed E-state index contributed by atoms with van der Waals surface area (Å²) < 4.78 is 0. The van der Waals surface area contributed by atoms with Crippen molar-refractivity contribution in [1.82, 2.24) is 0 Å². The molecule has 0 saturated carbocycles. The SMILES string of the molecule is CC(C)(C)c1cc(O)cc(N2CN(c3c(-c4ccccc4)c(C(C)(C)C)cc(C(C)(C)C)c3-c3ccccc3)c3ccccc32)c1. The smallest absolute Gasteiger partial charge is 0.117 e. The number of benzene rings is 5. The van der Waals surface area contributed by atoms with Crippen LogP contribution in [0.2, 0.25) is 0 Å². The van der Waals surface area contributed by atoms with Gasteiger partial charge in [0.15, 0.2) is 0 Å². The quantitative estimate of drug-likeness (QED) is 0.220. The van der Waals surface area contributed by atoms with E-state index in [1.165, 1.54) is 39.1 Å². The first-order valence-corrected chi connectivity index (χ1v) is 16.5. The molecule has 1 aliphatic rings. The molecule has 0 saturated heterocycles. The van der Waals surface area contributed by atoms with Gasteiger partial charge in [0.2, 0.25) is 0 Å². The molecule has 0 aromatic heterocycles. The second kappa shape index (κ2) is 11.4. The van der Waals surface area contributed by atoms with Crippen LogP contribution >= 0.6 is 0 Å². The molecule has 0 radical (unpaired) electrons. The van der Waals surface area contributed by atoms with E-state index in [2.05, 4.69) is 169 Å². The number of anilines is 4. The molecule has 0 aliphatic carbocycles. The summed E-state index contributed by atoms with van der Waals surface area (Å²) in [5, 5.41) is 10.9. The number of hydrogen-bond donors (Lipinski definition) is 1. The van der Waals surface area contributed by atoms with Crippen LogP contribution in [0.4, 0.5) is 22.7 Å². The van der Waals surface area contributed by atoms with Gasteiger partial charge < -0.3 is 14.9 Å². The second-order valence-electron chi connectivity index (χ2n) is 15.8. The fourth-order valence-electron chi connectivity index (χ4n) is 6.73. The maximum atomic E-state index is 10.9. The lowest BCUT2D eigenvalue weighted by Crippen LogP contribution is -2.28. The van der Waals surface area contributed by atoms with Crippen molar-refractivity contribution in [2.45, 2.75) is 78.6 Å². The van der Waals surface area contributed by atoms with E-state index in [4.69, 9.17) is 0 Å². The predicted octanol–water partition coefficient (Wildman–Crippen LogP) is 11.9. The lowest BCUT2D eigenvalue weighted by molar-refractivity contribution is 0.471. The number of phenolic OH excluding ortho intramolecular Hbond substituents is 1. The summed E-state index contributed by atoms with van der Waals surface area (Å²) in [6, 6.07) is 39.0. The highest BCUT2D eigenvalue weighted by Gasteiger charge is 2.37. The summed E-state index contributed by atoms with van der Waals surface area (Å²) in [7, 11) is 0. The summed E-state index contributed by atoms with van der Waals surface area (Å²) in [5.41, 5.74) is 12.9. The molecule has 0 bridgehead atoms. The molecular weight excluding hydrogens is 560 g/mol. The predicted molar refractivity (Wildman–Crippen MR) is 197 cm³/mol. The molecule has 3 heteroatoms. The maximum Gasteiger partial charge on any atom is 0.117 e. The number of fused-ring (bicyclic) bond motifs is 1. The number of phenols is 1. The van der Waals surface area contributed by atoms with Crippen molar-refractivity contribution in [2.75, 3.05) is 16.5 Å². The third-order valence-electron chi connectivity index (χ3n) is 9.14. The van der Waals surface area contributed by atoms with E-state index in [0.717, 1.165) is 22.6 Å². The van der Waals surface area contributed by atoms with Crippen LogP contribution in [0.25, 0.3) is 22.3 Å². The van der Waals surface area contributed by atoms with E-state index >= 15 is 0 Å². The van der Waals surface area contributed by atoms with Gasteiger partial charge in [-0.3, -0.25) is 0 Å². The topological polar surface area (TPSA) is 26.7 Å². The summed E-state index contributed by atoms with van der Waals surface area (Å²) >= 11 is 0. The van der Waals surface area contributed by atoms with Gasteiger partial charge in [-0.25, -0.2) is 0 Å². The number of aromatic hydroxyl groups is 1. The van der Waals surface area contributed by atoms with E-state index in [-0.39, 0.29) is 22.0 Å². The highest BCUT2D eigenvalue weighted by Crippen LogP contribution is 2.55. The zero-order chi connectivity index (χ0) is 33.0. The minimum atomic E-state index is -0.110. The van der Waals surface area contributed by atoms with Gasteiger partial charge in [0, 0.05) is 22.9 Å². The van der Waals surface area contributed by atoms with Crippen LogP contribution in [0.5, 0.6) is 5.75 Å². The summed E-state index contributed by atoms with van der Waals surface area (Å²) in [5.74, 6) is 0.290. The Balaban J connectivity index is 1.73. The molecule has 5 aromatic carbocycles. The van der Waals surface area contributed by atoms with Crippen molar-refractivity contribution in [3.63, 3.8) is 0 Å². The van der Waals surface area contributed by atoms with Gasteiger partial charge in [0.1, 0.15) is 12.4 Å². The van der Waals surface area contributed by atoms with E-state index in [1.54, 1.807) is 0 Å². The average molecular weight is 609 g/mol. The Morgan fingerprint density at radius 2 is 0.957 bits per heavy atom. The first kappa shape index (κ1) is 31.5. The van der Waals surface area contributed by atoms with Gasteiger partial charge in [0.05, 0.1) is 17.1 Å². The molecule has 0 atom stereocenters. The third kappa shape index (κ3) is 5.80. The Morgan fingerprint density at radius 3 is 1.41 bits per heavy atom. The number of nitrogens with zero attached hydrogens (tertiary/aromatic N) is 2. The normalized spacial score (nSPS) is 13.7. The zero-order valence-corrected chi connectivity index (χ0v) is 28.9. The highest BCUT2D eigenvalue weighted by molar-refractivity contribution is 6.01. The number of para-hydroxylation sites is 2. The molecule has 3 nitrogen and oxygen atoms in total. The minimum Gasteiger partial charge on any atom is -0.508 e. The van der Waals surface area contributed by atoms with Crippen LogP contribution in [-0.2, 0) is 16.2 Å². The van der Waals surface area contributed by atoms with Crippen LogP contribution in [0.15, 0.2) is 109 Å². The molecular formula is C43H48N2O. The van der Waals surface area contributed by atoms with Crippen LogP contribution in [0, 0.1) is 0 Å². The van der Waals surface area contributed by atoms with Crippen molar-refractivity contribution in [3.8, 4) is 28.0 Å². The summed E-state index contributed by atoms with van der Waals surface area (Å²) in [6.45, 7) is 21.2. The Hall–Kier alpha value is -4.50. The van der Waals surface area contributed by atoms with Crippen LogP contribution in [-0.4, -0.2) is 11.8 Å². The fourth-order valence-corrected chi connectivity index (χ4v) is 6.73. The van der Waals surface area contributed by atoms with Crippen LogP contribution in [0.1, 0.15) is 79.0 Å². The van der Waals surface area contributed by atoms with Gasteiger partial charge in [-0.05, 0) is 68.3 Å². The first-order valence-electron chi connectivity index (χ1n) is 16.5. The largest absolute Gasteiger partial charge is 0.508 e. The number of rotatable bonds is 4. The van der Waals surface area contributed by atoms with Crippen molar-refractivity contribution in [1.29, 1.82) is 0 Å². The van der Waals surface area contributed by atoms with E-state index < -0.39 is 0 Å². The molecule has 46 heavy (non-hydrogen) atoms. The van der Waals surface area contributed by atoms with Crippen molar-refractivity contribution >= 4 is 22.7 Å². The van der Waals surface area contributed by atoms with Gasteiger partial charge in [0.25, 0.3) is 0 Å². The van der Waals surface area contributed by atoms with Crippen molar-refractivity contribution in [3.05, 3.63) is 126 Å². The molecule has 0 fully saturated rings. The minimum absolute atomic E-state index is 0.101. The number of hydrogen-bond acceptors (Lipinski definition) is 3. The maximum absolute atomic E-state index is 10.9. The van der Waals surface area contributed by atoms with E-state index in [9.17, 15) is 5.11 Å². The molecule has 0 amide bonds. The van der Waals surface area contributed by atoms with Crippen molar-refractivity contribution in [2.24, 2.45) is 0 Å². The summed E-state index contributed by atoms with van der Waals surface area (Å²) in [6.07, 6.45) is 0. The molecule has 1 aliphatic heterocycles. The molecule has 1 N–H and O–H groups in total. The summed E-state index contributed by atoms with van der Waals surface area (Å²) in [4.78, 5) is 4.87. The first-order chi connectivity index (χ1) is 21.6. The van der Waals surface area contributed by atoms with Gasteiger partial charge in [-0.15, -0.1) is 0 Å². The lowest BCUT2D eigenvalue weighted by atomic mass is 9.73. The highest BCUT2D eigenvalue weighted by atomic mass is 16.3. The van der Waals surface area contributed by atoms with Crippen LogP contribution < -0.4 is 9.80 Å². The Morgan fingerprint density at radius 1 is 0.500 bits per heavy atom. The molecule has 6 rings (SSSR count). The average Bonchev–Trinajstić information content (AvgIpc) is 3.39. The lowest BCUT2D eigenvalue weighted by Gasteiger charge is -2.36. The Bertz CT molecular complexity index is 1790. The molecule has 1 heterocycles. The van der Waals surface area contributed by atoms with Gasteiger partial charge >= 0.3 is 0 Å². The molecule has 5 aromatic rings. The van der Waals surface area contributed by atoms with E-state index in [1.807, 2.05) is 12.1 Å². The monoisotopic (exact) mass is 608 g/mol. The molecule has 0 unspecified atom stereocenters. The standard InChI is InChI=1S/C43H48N2O/c1-41(2,3)31-24-32(26-33(46)25-31)44-28-45(37-23-17-16-22-36(37)44)40-38(29-18-12-10-13-19-29)34(42(4,5)6)27-35(43(7,8)9)39(40)30-20-14-11-15-21-30/h10-27,46H,28H2,1-9H3. The zero-order valence-electron chi connectivity index (χ0n) is 28.9. The van der Waals surface area contributed by atoms with E-state index in [0.29, 0.717) is 6.67 Å². The van der Waals surface area contributed by atoms with Crippen molar-refractivity contribution < 1.29 is 5.11 Å². The molecule has 0 spiro atoms. The molecule has 236 valence electrons. The Kier molecular flexibility index (Phi) is 7.79. The Labute approximate surface area is 276 Å². The third-order valence-corrected chi connectivity index (χ3v) is 9.14. The second-order valence-corrected chi connectivity index (χ2v) is 15.8.